The van der Waals surface area contributed by atoms with Gasteiger partial charge in [0.2, 0.25) is 11.8 Å². The molecular formula is C21H16ClN3O3. The van der Waals surface area contributed by atoms with Gasteiger partial charge in [-0.1, -0.05) is 29.8 Å². The molecule has 2 aliphatic carbocycles. The Labute approximate surface area is 166 Å². The number of nitrogens with one attached hydrogen (secondary N) is 1. The number of carbonyl (C=O) groups excluding carboxylic acids is 3. The molecule has 3 amide bonds. The van der Waals surface area contributed by atoms with Crippen molar-refractivity contribution in [3.05, 3.63) is 65.5 Å². The van der Waals surface area contributed by atoms with Crippen LogP contribution in [0.4, 0.5) is 11.4 Å². The zero-order chi connectivity index (χ0) is 19.4. The van der Waals surface area contributed by atoms with E-state index < -0.39 is 0 Å². The lowest BCUT2D eigenvalue weighted by Crippen LogP contribution is -2.33. The van der Waals surface area contributed by atoms with Gasteiger partial charge in [0, 0.05) is 11.9 Å². The summed E-state index contributed by atoms with van der Waals surface area (Å²) in [5.74, 6) is -0.989. The van der Waals surface area contributed by atoms with Crippen LogP contribution in [0.2, 0.25) is 5.02 Å². The predicted octanol–water partition coefficient (Wildman–Crippen LogP) is 3.30. The normalized spacial score (nSPS) is 27.4. The summed E-state index contributed by atoms with van der Waals surface area (Å²) in [7, 11) is 0. The summed E-state index contributed by atoms with van der Waals surface area (Å²) in [6.45, 7) is 0. The number of rotatable bonds is 3. The predicted molar refractivity (Wildman–Crippen MR) is 104 cm³/mol. The fourth-order valence-corrected chi connectivity index (χ4v) is 4.86. The Morgan fingerprint density at radius 3 is 2.39 bits per heavy atom. The lowest BCUT2D eigenvalue weighted by Gasteiger charge is -2.19. The molecule has 5 rings (SSSR count). The standard InChI is InChI=1S/C21H16ClN3O3/c22-14-10-13(24-19(26)15-3-1-2-8-23-15)6-7-16(14)25-20(27)17-11-4-5-12(9-11)18(17)21(25)28/h1-8,10-12,17-18H,9H2,(H,24,26)/t11-,12+,17?,18?. The Kier molecular flexibility index (Phi) is 3.84. The molecule has 7 heteroatoms. The zero-order valence-electron chi connectivity index (χ0n) is 14.7. The van der Waals surface area contributed by atoms with Crippen LogP contribution in [0, 0.1) is 23.7 Å². The second-order valence-electron chi connectivity index (χ2n) is 7.35. The first-order chi connectivity index (χ1) is 13.5. The monoisotopic (exact) mass is 393 g/mol. The van der Waals surface area contributed by atoms with E-state index >= 15 is 0 Å². The van der Waals surface area contributed by atoms with Crippen molar-refractivity contribution in [3.8, 4) is 0 Å². The number of fused-ring (bicyclic) bond motifs is 5. The van der Waals surface area contributed by atoms with E-state index in [4.69, 9.17) is 11.6 Å². The molecule has 1 N–H and O–H groups in total. The van der Waals surface area contributed by atoms with Crippen molar-refractivity contribution in [3.63, 3.8) is 0 Å². The number of carbonyl (C=O) groups is 3. The summed E-state index contributed by atoms with van der Waals surface area (Å²) in [5, 5.41) is 2.96. The molecule has 3 aliphatic rings. The molecule has 2 bridgehead atoms. The Bertz CT molecular complexity index is 1010. The quantitative estimate of drug-likeness (QED) is 0.641. The molecule has 1 aromatic carbocycles. The van der Waals surface area contributed by atoms with Crippen LogP contribution in [0.1, 0.15) is 16.9 Å². The maximum atomic E-state index is 12.9. The molecule has 2 fully saturated rings. The van der Waals surface area contributed by atoms with Gasteiger partial charge in [-0.25, -0.2) is 4.90 Å². The summed E-state index contributed by atoms with van der Waals surface area (Å²) in [5.41, 5.74) is 1.11. The van der Waals surface area contributed by atoms with E-state index in [2.05, 4.69) is 22.5 Å². The number of allylic oxidation sites excluding steroid dienone is 2. The minimum atomic E-state index is -0.366. The first-order valence-electron chi connectivity index (χ1n) is 9.12. The van der Waals surface area contributed by atoms with Crippen LogP contribution < -0.4 is 10.2 Å². The van der Waals surface area contributed by atoms with E-state index in [1.807, 2.05) is 0 Å². The first-order valence-corrected chi connectivity index (χ1v) is 9.50. The smallest absolute Gasteiger partial charge is 0.274 e. The van der Waals surface area contributed by atoms with Crippen LogP contribution in [-0.4, -0.2) is 22.7 Å². The Morgan fingerprint density at radius 2 is 1.79 bits per heavy atom. The summed E-state index contributed by atoms with van der Waals surface area (Å²) < 4.78 is 0. The van der Waals surface area contributed by atoms with E-state index in [0.717, 1.165) is 6.42 Å². The van der Waals surface area contributed by atoms with Gasteiger partial charge in [-0.3, -0.25) is 19.4 Å². The number of imide groups is 1. The number of anilines is 2. The maximum Gasteiger partial charge on any atom is 0.274 e. The molecule has 0 radical (unpaired) electrons. The zero-order valence-corrected chi connectivity index (χ0v) is 15.5. The van der Waals surface area contributed by atoms with Gasteiger partial charge in [-0.15, -0.1) is 0 Å². The minimum absolute atomic E-state index is 0.146. The third-order valence-electron chi connectivity index (χ3n) is 5.81. The molecule has 1 saturated heterocycles. The van der Waals surface area contributed by atoms with Gasteiger partial charge < -0.3 is 5.32 Å². The molecule has 28 heavy (non-hydrogen) atoms. The number of pyridine rings is 1. The highest BCUT2D eigenvalue weighted by molar-refractivity contribution is 6.36. The number of aromatic nitrogens is 1. The molecular weight excluding hydrogens is 378 g/mol. The van der Waals surface area contributed by atoms with Crippen LogP contribution in [0.15, 0.2) is 54.7 Å². The molecule has 4 atom stereocenters. The van der Waals surface area contributed by atoms with Crippen molar-refractivity contribution in [2.75, 3.05) is 10.2 Å². The van der Waals surface area contributed by atoms with Crippen LogP contribution in [0.25, 0.3) is 0 Å². The van der Waals surface area contributed by atoms with Crippen LogP contribution in [0.3, 0.4) is 0 Å². The van der Waals surface area contributed by atoms with Gasteiger partial charge in [0.25, 0.3) is 5.91 Å². The lowest BCUT2D eigenvalue weighted by atomic mass is 9.85. The molecule has 2 aromatic rings. The summed E-state index contributed by atoms with van der Waals surface area (Å²) in [4.78, 5) is 43.3. The van der Waals surface area contributed by atoms with Gasteiger partial charge >= 0.3 is 0 Å². The maximum absolute atomic E-state index is 12.9. The van der Waals surface area contributed by atoms with Crippen LogP contribution in [-0.2, 0) is 9.59 Å². The van der Waals surface area contributed by atoms with E-state index in [1.165, 1.54) is 11.1 Å². The summed E-state index contributed by atoms with van der Waals surface area (Å²) in [6, 6.07) is 9.82. The number of benzene rings is 1. The topological polar surface area (TPSA) is 79.4 Å². The fraction of sp³-hybridized carbons (Fsp3) is 0.238. The number of hydrogen-bond donors (Lipinski definition) is 1. The summed E-state index contributed by atoms with van der Waals surface area (Å²) >= 11 is 6.39. The molecule has 2 unspecified atom stereocenters. The fourth-order valence-electron chi connectivity index (χ4n) is 4.60. The molecule has 1 aliphatic heterocycles. The van der Waals surface area contributed by atoms with Crippen LogP contribution >= 0.6 is 11.6 Å². The largest absolute Gasteiger partial charge is 0.321 e. The van der Waals surface area contributed by atoms with Crippen molar-refractivity contribution < 1.29 is 14.4 Å². The lowest BCUT2D eigenvalue weighted by molar-refractivity contribution is -0.123. The van der Waals surface area contributed by atoms with E-state index in [9.17, 15) is 14.4 Å². The minimum Gasteiger partial charge on any atom is -0.321 e. The average Bonchev–Trinajstić information content (AvgIpc) is 3.37. The SMILES string of the molecule is O=C(Nc1ccc(N2C(=O)C3C(C2=O)[C@H]2C=C[C@@H]3C2)c(Cl)c1)c1ccccn1. The second kappa shape index (κ2) is 6.27. The number of hydrogen-bond acceptors (Lipinski definition) is 4. The van der Waals surface area contributed by atoms with E-state index in [-0.39, 0.29) is 52.1 Å². The van der Waals surface area contributed by atoms with E-state index in [1.54, 1.807) is 36.4 Å². The van der Waals surface area contributed by atoms with Crippen molar-refractivity contribution in [1.82, 2.24) is 4.98 Å². The molecule has 1 aromatic heterocycles. The Balaban J connectivity index is 1.39. The van der Waals surface area contributed by atoms with Crippen molar-refractivity contribution in [2.45, 2.75) is 6.42 Å². The van der Waals surface area contributed by atoms with Gasteiger partial charge in [0.05, 0.1) is 22.5 Å². The van der Waals surface area contributed by atoms with Gasteiger partial charge in [0.15, 0.2) is 0 Å². The highest BCUT2D eigenvalue weighted by Crippen LogP contribution is 2.53. The average molecular weight is 394 g/mol. The van der Waals surface area contributed by atoms with Crippen molar-refractivity contribution >= 4 is 40.7 Å². The van der Waals surface area contributed by atoms with Gasteiger partial charge in [0.1, 0.15) is 5.69 Å². The van der Waals surface area contributed by atoms with Crippen LogP contribution in [0.5, 0.6) is 0 Å². The Hall–Kier alpha value is -2.99. The highest BCUT2D eigenvalue weighted by Gasteiger charge is 2.59. The van der Waals surface area contributed by atoms with Crippen molar-refractivity contribution in [2.24, 2.45) is 23.7 Å². The highest BCUT2D eigenvalue weighted by atomic mass is 35.5. The second-order valence-corrected chi connectivity index (χ2v) is 7.75. The third kappa shape index (κ3) is 2.48. The third-order valence-corrected chi connectivity index (χ3v) is 6.12. The number of amides is 3. The van der Waals surface area contributed by atoms with Gasteiger partial charge in [-0.05, 0) is 48.6 Å². The Morgan fingerprint density at radius 1 is 1.07 bits per heavy atom. The molecule has 0 spiro atoms. The molecule has 6 nitrogen and oxygen atoms in total. The molecule has 1 saturated carbocycles. The summed E-state index contributed by atoms with van der Waals surface area (Å²) in [6.07, 6.45) is 6.53. The number of nitrogens with zero attached hydrogens (tertiary/aromatic N) is 2. The van der Waals surface area contributed by atoms with Crippen molar-refractivity contribution in [1.29, 1.82) is 0 Å². The van der Waals surface area contributed by atoms with Gasteiger partial charge in [-0.2, -0.15) is 0 Å². The number of halogens is 1. The molecule has 140 valence electrons. The molecule has 2 heterocycles. The van der Waals surface area contributed by atoms with E-state index in [0.29, 0.717) is 11.4 Å². The first kappa shape index (κ1) is 17.1.